The van der Waals surface area contributed by atoms with E-state index in [1.54, 1.807) is 18.2 Å². The average Bonchev–Trinajstić information content (AvgIpc) is 3.12. The van der Waals surface area contributed by atoms with Crippen LogP contribution in [0.5, 0.6) is 0 Å². The standard InChI is InChI=1S/C15H10ClNO4S/c16-14-6-5-13(22-14)11(18)8-20-15(19)7-10-9-3-1-2-4-12(9)21-17-10/h1-6H,7-8H2. The minimum Gasteiger partial charge on any atom is -0.457 e. The van der Waals surface area contributed by atoms with Crippen molar-refractivity contribution in [2.75, 3.05) is 6.61 Å². The van der Waals surface area contributed by atoms with Crippen molar-refractivity contribution in [2.24, 2.45) is 0 Å². The molecule has 5 nitrogen and oxygen atoms in total. The Bertz CT molecular complexity index is 839. The van der Waals surface area contributed by atoms with Crippen molar-refractivity contribution < 1.29 is 18.8 Å². The summed E-state index contributed by atoms with van der Waals surface area (Å²) in [6.45, 7) is -0.314. The maximum atomic E-state index is 11.8. The molecule has 3 rings (SSSR count). The number of Topliss-reactive ketones (excluding diaryl/α,β-unsaturated/α-hetero) is 1. The van der Waals surface area contributed by atoms with Crippen LogP contribution in [0.2, 0.25) is 4.34 Å². The molecule has 0 aliphatic heterocycles. The molecule has 0 atom stereocenters. The van der Waals surface area contributed by atoms with E-state index in [9.17, 15) is 9.59 Å². The van der Waals surface area contributed by atoms with Gasteiger partial charge in [0, 0.05) is 5.39 Å². The summed E-state index contributed by atoms with van der Waals surface area (Å²) in [6, 6.07) is 10.5. The van der Waals surface area contributed by atoms with E-state index in [4.69, 9.17) is 20.9 Å². The van der Waals surface area contributed by atoms with Gasteiger partial charge in [0.15, 0.2) is 12.2 Å². The largest absolute Gasteiger partial charge is 0.457 e. The second kappa shape index (κ2) is 6.29. The van der Waals surface area contributed by atoms with Crippen LogP contribution in [0.4, 0.5) is 0 Å². The average molecular weight is 336 g/mol. The number of carbonyl (C=O) groups is 2. The fraction of sp³-hybridized carbons (Fsp3) is 0.133. The van der Waals surface area contributed by atoms with Gasteiger partial charge in [-0.3, -0.25) is 9.59 Å². The zero-order chi connectivity index (χ0) is 15.5. The highest BCUT2D eigenvalue weighted by Crippen LogP contribution is 2.22. The van der Waals surface area contributed by atoms with Crippen molar-refractivity contribution in [3.05, 3.63) is 51.3 Å². The molecular weight excluding hydrogens is 326 g/mol. The number of ether oxygens (including phenoxy) is 1. The molecule has 0 aliphatic rings. The predicted octanol–water partition coefficient (Wildman–Crippen LogP) is 3.51. The summed E-state index contributed by atoms with van der Waals surface area (Å²) in [5.41, 5.74) is 1.10. The van der Waals surface area contributed by atoms with Crippen LogP contribution in [0.1, 0.15) is 15.4 Å². The van der Waals surface area contributed by atoms with Crippen molar-refractivity contribution in [3.8, 4) is 0 Å². The van der Waals surface area contributed by atoms with Gasteiger partial charge >= 0.3 is 5.97 Å². The Balaban J connectivity index is 1.60. The smallest absolute Gasteiger partial charge is 0.312 e. The first-order chi connectivity index (χ1) is 10.6. The lowest BCUT2D eigenvalue weighted by atomic mass is 10.2. The molecular formula is C15H10ClNO4S. The molecule has 0 saturated carbocycles. The van der Waals surface area contributed by atoms with E-state index in [1.165, 1.54) is 0 Å². The van der Waals surface area contributed by atoms with Crippen LogP contribution < -0.4 is 0 Å². The summed E-state index contributed by atoms with van der Waals surface area (Å²) in [7, 11) is 0. The number of thiophene rings is 1. The normalized spacial score (nSPS) is 10.8. The molecule has 0 aliphatic carbocycles. The topological polar surface area (TPSA) is 69.4 Å². The Hall–Kier alpha value is -2.18. The molecule has 0 radical (unpaired) electrons. The van der Waals surface area contributed by atoms with Crippen LogP contribution in [0, 0.1) is 0 Å². The highest BCUT2D eigenvalue weighted by molar-refractivity contribution is 7.18. The summed E-state index contributed by atoms with van der Waals surface area (Å²) in [5.74, 6) is -0.815. The summed E-state index contributed by atoms with van der Waals surface area (Å²) in [5, 5.41) is 4.61. The maximum absolute atomic E-state index is 11.8. The number of aromatic nitrogens is 1. The number of halogens is 1. The Labute approximate surface area is 134 Å². The highest BCUT2D eigenvalue weighted by atomic mass is 35.5. The quantitative estimate of drug-likeness (QED) is 0.527. The molecule has 112 valence electrons. The number of para-hydroxylation sites is 1. The third-order valence-electron chi connectivity index (χ3n) is 2.98. The monoisotopic (exact) mass is 335 g/mol. The highest BCUT2D eigenvalue weighted by Gasteiger charge is 2.15. The van der Waals surface area contributed by atoms with E-state index in [1.807, 2.05) is 18.2 Å². The number of hydrogen-bond acceptors (Lipinski definition) is 6. The van der Waals surface area contributed by atoms with Crippen LogP contribution >= 0.6 is 22.9 Å². The SMILES string of the molecule is O=C(Cc1noc2ccccc12)OCC(=O)c1ccc(Cl)s1. The van der Waals surface area contributed by atoms with Gasteiger partial charge in [0.25, 0.3) is 0 Å². The molecule has 0 amide bonds. The van der Waals surface area contributed by atoms with Gasteiger partial charge in [0.1, 0.15) is 5.69 Å². The Morgan fingerprint density at radius 3 is 2.82 bits per heavy atom. The van der Waals surface area contributed by atoms with E-state index in [0.29, 0.717) is 20.5 Å². The third-order valence-corrected chi connectivity index (χ3v) is 4.25. The summed E-state index contributed by atoms with van der Waals surface area (Å²) < 4.78 is 10.6. The van der Waals surface area contributed by atoms with Crippen LogP contribution in [-0.4, -0.2) is 23.5 Å². The Morgan fingerprint density at radius 1 is 1.23 bits per heavy atom. The molecule has 22 heavy (non-hydrogen) atoms. The number of esters is 1. The number of carbonyl (C=O) groups excluding carboxylic acids is 2. The Morgan fingerprint density at radius 2 is 2.05 bits per heavy atom. The van der Waals surface area contributed by atoms with Crippen LogP contribution in [0.3, 0.4) is 0 Å². The van der Waals surface area contributed by atoms with Gasteiger partial charge in [0.05, 0.1) is 15.6 Å². The lowest BCUT2D eigenvalue weighted by molar-refractivity contribution is -0.141. The zero-order valence-corrected chi connectivity index (χ0v) is 12.8. The van der Waals surface area contributed by atoms with Gasteiger partial charge in [-0.05, 0) is 24.3 Å². The summed E-state index contributed by atoms with van der Waals surface area (Å²) >= 11 is 6.91. The second-order valence-electron chi connectivity index (χ2n) is 4.49. The van der Waals surface area contributed by atoms with Gasteiger partial charge in [-0.25, -0.2) is 0 Å². The molecule has 0 unspecified atom stereocenters. The number of fused-ring (bicyclic) bond motifs is 1. The van der Waals surface area contributed by atoms with Crippen molar-refractivity contribution >= 4 is 45.7 Å². The second-order valence-corrected chi connectivity index (χ2v) is 6.20. The van der Waals surface area contributed by atoms with Crippen molar-refractivity contribution in [2.45, 2.75) is 6.42 Å². The van der Waals surface area contributed by atoms with Crippen molar-refractivity contribution in [1.29, 1.82) is 0 Å². The van der Waals surface area contributed by atoms with E-state index >= 15 is 0 Å². The molecule has 0 N–H and O–H groups in total. The number of nitrogens with zero attached hydrogens (tertiary/aromatic N) is 1. The van der Waals surface area contributed by atoms with Gasteiger partial charge in [-0.2, -0.15) is 0 Å². The van der Waals surface area contributed by atoms with E-state index < -0.39 is 5.97 Å². The maximum Gasteiger partial charge on any atom is 0.312 e. The molecule has 0 bridgehead atoms. The van der Waals surface area contributed by atoms with Gasteiger partial charge in [-0.1, -0.05) is 28.9 Å². The number of hydrogen-bond donors (Lipinski definition) is 0. The summed E-state index contributed by atoms with van der Waals surface area (Å²) in [4.78, 5) is 24.1. The predicted molar refractivity (Wildman–Crippen MR) is 82.3 cm³/mol. The molecule has 0 spiro atoms. The fourth-order valence-electron chi connectivity index (χ4n) is 1.93. The van der Waals surface area contributed by atoms with E-state index in [-0.39, 0.29) is 18.8 Å². The number of ketones is 1. The van der Waals surface area contributed by atoms with E-state index in [0.717, 1.165) is 16.7 Å². The molecule has 0 fully saturated rings. The van der Waals surface area contributed by atoms with Crippen molar-refractivity contribution in [3.63, 3.8) is 0 Å². The summed E-state index contributed by atoms with van der Waals surface area (Å²) in [6.07, 6.45) is -0.0461. The molecule has 3 aromatic rings. The van der Waals surface area contributed by atoms with Gasteiger partial charge < -0.3 is 9.26 Å². The van der Waals surface area contributed by atoms with Crippen LogP contribution in [0.25, 0.3) is 11.0 Å². The Kier molecular flexibility index (Phi) is 4.22. The molecule has 0 saturated heterocycles. The first kappa shape index (κ1) is 14.7. The first-order valence-corrected chi connectivity index (χ1v) is 7.60. The fourth-order valence-corrected chi connectivity index (χ4v) is 2.90. The lowest BCUT2D eigenvalue weighted by Crippen LogP contribution is -2.15. The molecule has 2 heterocycles. The number of benzene rings is 1. The van der Waals surface area contributed by atoms with Gasteiger partial charge in [0.2, 0.25) is 5.78 Å². The van der Waals surface area contributed by atoms with Crippen molar-refractivity contribution in [1.82, 2.24) is 5.16 Å². The van der Waals surface area contributed by atoms with Crippen LogP contribution in [0.15, 0.2) is 40.9 Å². The van der Waals surface area contributed by atoms with E-state index in [2.05, 4.69) is 5.16 Å². The lowest BCUT2D eigenvalue weighted by Gasteiger charge is -2.01. The first-order valence-electron chi connectivity index (χ1n) is 6.41. The third kappa shape index (κ3) is 3.18. The van der Waals surface area contributed by atoms with Crippen LogP contribution in [-0.2, 0) is 16.0 Å². The molecule has 1 aromatic carbocycles. The molecule has 2 aromatic heterocycles. The molecule has 7 heteroatoms. The minimum atomic E-state index is -0.532. The van der Waals surface area contributed by atoms with Gasteiger partial charge in [-0.15, -0.1) is 11.3 Å². The minimum absolute atomic E-state index is 0.0461. The zero-order valence-electron chi connectivity index (χ0n) is 11.2. The number of rotatable bonds is 5.